The van der Waals surface area contributed by atoms with E-state index in [1.165, 1.54) is 12.1 Å². The van der Waals surface area contributed by atoms with Crippen LogP contribution in [-0.2, 0) is 6.42 Å². The molecule has 1 heterocycles. The first-order valence-electron chi connectivity index (χ1n) is 8.14. The van der Waals surface area contributed by atoms with Crippen LogP contribution in [0.15, 0.2) is 51.7 Å². The molecule has 6 heteroatoms. The normalized spacial score (nSPS) is 10.7. The zero-order valence-electron chi connectivity index (χ0n) is 14.4. The Labute approximate surface area is 155 Å². The lowest BCUT2D eigenvalue weighted by molar-refractivity contribution is 0.0735. The number of aryl methyl sites for hydroxylation is 1. The molecule has 0 aliphatic heterocycles. The molecule has 5 nitrogen and oxygen atoms in total. The van der Waals surface area contributed by atoms with E-state index in [0.717, 1.165) is 23.8 Å². The third-order valence-electron chi connectivity index (χ3n) is 3.93. The number of benzene rings is 2. The first-order valence-corrected chi connectivity index (χ1v) is 8.52. The molecule has 134 valence electrons. The van der Waals surface area contributed by atoms with Gasteiger partial charge in [-0.3, -0.25) is 0 Å². The summed E-state index contributed by atoms with van der Waals surface area (Å²) >= 11 is 6.28. The number of hydrogen-bond donors (Lipinski definition) is 0. The molecule has 0 fully saturated rings. The van der Waals surface area contributed by atoms with E-state index in [4.69, 9.17) is 25.5 Å². The van der Waals surface area contributed by atoms with Crippen molar-refractivity contribution in [3.63, 3.8) is 0 Å². The van der Waals surface area contributed by atoms with Crippen molar-refractivity contribution in [2.24, 2.45) is 0 Å². The summed E-state index contributed by atoms with van der Waals surface area (Å²) in [5, 5.41) is 1.01. The van der Waals surface area contributed by atoms with Crippen LogP contribution >= 0.6 is 11.6 Å². The number of fused-ring (bicyclic) bond motifs is 1. The fourth-order valence-electron chi connectivity index (χ4n) is 2.67. The smallest absolute Gasteiger partial charge is 0.343 e. The monoisotopic (exact) mass is 372 g/mol. The summed E-state index contributed by atoms with van der Waals surface area (Å²) in [6.45, 7) is 2.02. The molecule has 26 heavy (non-hydrogen) atoms. The number of halogens is 1. The van der Waals surface area contributed by atoms with Crippen LogP contribution < -0.4 is 15.1 Å². The maximum Gasteiger partial charge on any atom is 0.343 e. The second-order valence-electron chi connectivity index (χ2n) is 5.74. The highest BCUT2D eigenvalue weighted by Gasteiger charge is 2.15. The highest BCUT2D eigenvalue weighted by atomic mass is 35.5. The van der Waals surface area contributed by atoms with Crippen molar-refractivity contribution in [1.29, 1.82) is 0 Å². The summed E-state index contributed by atoms with van der Waals surface area (Å²) in [5.41, 5.74) is 1.09. The molecule has 0 amide bonds. The van der Waals surface area contributed by atoms with Gasteiger partial charge in [-0.1, -0.05) is 24.9 Å². The van der Waals surface area contributed by atoms with Gasteiger partial charge in [0.2, 0.25) is 0 Å². The number of esters is 1. The fourth-order valence-corrected chi connectivity index (χ4v) is 2.87. The third-order valence-corrected chi connectivity index (χ3v) is 4.23. The van der Waals surface area contributed by atoms with Crippen molar-refractivity contribution in [3.8, 4) is 11.5 Å². The van der Waals surface area contributed by atoms with E-state index in [9.17, 15) is 9.59 Å². The van der Waals surface area contributed by atoms with Crippen molar-refractivity contribution >= 4 is 28.5 Å². The van der Waals surface area contributed by atoms with Gasteiger partial charge in [-0.25, -0.2) is 9.59 Å². The average molecular weight is 373 g/mol. The van der Waals surface area contributed by atoms with Gasteiger partial charge in [-0.2, -0.15) is 0 Å². The number of ether oxygens (including phenoxy) is 2. The van der Waals surface area contributed by atoms with E-state index < -0.39 is 11.6 Å². The maximum atomic E-state index is 12.3. The van der Waals surface area contributed by atoms with E-state index in [1.54, 1.807) is 37.4 Å². The zero-order valence-corrected chi connectivity index (χ0v) is 15.1. The zero-order chi connectivity index (χ0) is 18.7. The van der Waals surface area contributed by atoms with Crippen LogP contribution in [0, 0.1) is 0 Å². The lowest BCUT2D eigenvalue weighted by Crippen LogP contribution is -2.09. The molecule has 3 rings (SSSR count). The van der Waals surface area contributed by atoms with E-state index in [1.807, 2.05) is 6.92 Å². The Hall–Kier alpha value is -2.79. The minimum atomic E-state index is -0.569. The lowest BCUT2D eigenvalue weighted by Gasteiger charge is -2.10. The van der Waals surface area contributed by atoms with E-state index in [0.29, 0.717) is 16.9 Å². The predicted molar refractivity (Wildman–Crippen MR) is 99.4 cm³/mol. The number of hydrogen-bond acceptors (Lipinski definition) is 5. The van der Waals surface area contributed by atoms with E-state index in [-0.39, 0.29) is 10.8 Å². The lowest BCUT2D eigenvalue weighted by atomic mass is 10.1. The number of carbonyl (C=O) groups is 1. The van der Waals surface area contributed by atoms with Crippen molar-refractivity contribution in [2.45, 2.75) is 19.8 Å². The molecule has 0 saturated heterocycles. The van der Waals surface area contributed by atoms with Crippen LogP contribution in [0.3, 0.4) is 0 Å². The van der Waals surface area contributed by atoms with Crippen LogP contribution in [0.2, 0.25) is 5.02 Å². The topological polar surface area (TPSA) is 65.7 Å². The highest BCUT2D eigenvalue weighted by Crippen LogP contribution is 2.32. The molecule has 0 aliphatic rings. The van der Waals surface area contributed by atoms with Crippen LogP contribution in [0.25, 0.3) is 11.0 Å². The molecule has 0 spiro atoms. The third kappa shape index (κ3) is 3.73. The Morgan fingerprint density at radius 2 is 1.88 bits per heavy atom. The van der Waals surface area contributed by atoms with Gasteiger partial charge in [0, 0.05) is 17.5 Å². The average Bonchev–Trinajstić information content (AvgIpc) is 2.63. The van der Waals surface area contributed by atoms with Crippen molar-refractivity contribution in [2.75, 3.05) is 7.11 Å². The number of carbonyl (C=O) groups excluding carboxylic acids is 1. The first kappa shape index (κ1) is 18.0. The summed E-state index contributed by atoms with van der Waals surface area (Å²) in [7, 11) is 1.54. The Bertz CT molecular complexity index is 1010. The summed E-state index contributed by atoms with van der Waals surface area (Å²) in [4.78, 5) is 24.1. The summed E-state index contributed by atoms with van der Waals surface area (Å²) < 4.78 is 15.7. The van der Waals surface area contributed by atoms with Gasteiger partial charge in [-0.15, -0.1) is 0 Å². The summed E-state index contributed by atoms with van der Waals surface area (Å²) in [5.74, 6) is 0.202. The molecule has 2 aromatic carbocycles. The Balaban J connectivity index is 1.95. The molecule has 1 aromatic heterocycles. The molecule has 3 aromatic rings. The van der Waals surface area contributed by atoms with Gasteiger partial charge in [-0.05, 0) is 42.3 Å². The molecule has 0 bridgehead atoms. The van der Waals surface area contributed by atoms with Gasteiger partial charge in [0.1, 0.15) is 11.3 Å². The summed E-state index contributed by atoms with van der Waals surface area (Å²) in [6.07, 6.45) is 1.60. The van der Waals surface area contributed by atoms with Gasteiger partial charge < -0.3 is 13.9 Å². The van der Waals surface area contributed by atoms with Gasteiger partial charge in [0.05, 0.1) is 17.7 Å². The minimum Gasteiger partial charge on any atom is -0.497 e. The molecule has 0 atom stereocenters. The molecular formula is C20H17ClO5. The molecule has 0 N–H and O–H groups in total. The second kappa shape index (κ2) is 7.62. The standard InChI is InChI=1S/C20H17ClO5/c1-3-4-13-9-19(22)25-17-11-18(16(21)10-15(13)17)26-20(23)12-5-7-14(24-2)8-6-12/h5-11H,3-4H2,1-2H3. The van der Waals surface area contributed by atoms with Gasteiger partial charge in [0.15, 0.2) is 5.75 Å². The van der Waals surface area contributed by atoms with Crippen LogP contribution in [0.4, 0.5) is 0 Å². The Morgan fingerprint density at radius 1 is 1.15 bits per heavy atom. The predicted octanol–water partition coefficient (Wildman–Crippen LogP) is 4.63. The SMILES string of the molecule is CCCc1cc(=O)oc2cc(OC(=O)c3ccc(OC)cc3)c(Cl)cc12. The van der Waals surface area contributed by atoms with Crippen molar-refractivity contribution < 1.29 is 18.7 Å². The molecular weight excluding hydrogens is 356 g/mol. The largest absolute Gasteiger partial charge is 0.497 e. The molecule has 0 aliphatic carbocycles. The number of rotatable bonds is 5. The van der Waals surface area contributed by atoms with Gasteiger partial charge in [0.25, 0.3) is 0 Å². The second-order valence-corrected chi connectivity index (χ2v) is 6.14. The number of methoxy groups -OCH3 is 1. The van der Waals surface area contributed by atoms with E-state index in [2.05, 4.69) is 0 Å². The van der Waals surface area contributed by atoms with E-state index >= 15 is 0 Å². The Morgan fingerprint density at radius 3 is 2.54 bits per heavy atom. The van der Waals surface area contributed by atoms with Crippen LogP contribution in [0.5, 0.6) is 11.5 Å². The molecule has 0 unspecified atom stereocenters. The molecule has 0 saturated carbocycles. The molecule has 0 radical (unpaired) electrons. The van der Waals surface area contributed by atoms with Crippen molar-refractivity contribution in [3.05, 3.63) is 69.0 Å². The van der Waals surface area contributed by atoms with Crippen LogP contribution in [-0.4, -0.2) is 13.1 Å². The first-order chi connectivity index (χ1) is 12.5. The minimum absolute atomic E-state index is 0.136. The van der Waals surface area contributed by atoms with Crippen LogP contribution in [0.1, 0.15) is 29.3 Å². The highest BCUT2D eigenvalue weighted by molar-refractivity contribution is 6.33. The fraction of sp³-hybridized carbons (Fsp3) is 0.200. The van der Waals surface area contributed by atoms with Gasteiger partial charge >= 0.3 is 11.6 Å². The maximum absolute atomic E-state index is 12.3. The van der Waals surface area contributed by atoms with Crippen molar-refractivity contribution in [1.82, 2.24) is 0 Å². The summed E-state index contributed by atoms with van der Waals surface area (Å²) in [6, 6.07) is 11.1. The Kier molecular flexibility index (Phi) is 5.28. The quantitative estimate of drug-likeness (QED) is 0.371.